The number of rotatable bonds is 7. The molecule has 1 aromatic heterocycles. The van der Waals surface area contributed by atoms with Gasteiger partial charge in [-0.15, -0.1) is 0 Å². The molecule has 2 aromatic rings. The van der Waals surface area contributed by atoms with Crippen LogP contribution < -0.4 is 0 Å². The molecule has 0 aliphatic rings. The van der Waals surface area contributed by atoms with Gasteiger partial charge in [-0.25, -0.2) is 13.4 Å². The van der Waals surface area contributed by atoms with E-state index in [-0.39, 0.29) is 5.75 Å². The van der Waals surface area contributed by atoms with Gasteiger partial charge in [0, 0.05) is 19.3 Å². The van der Waals surface area contributed by atoms with E-state index < -0.39 is 15.9 Å². The molecule has 0 radical (unpaired) electrons. The lowest BCUT2D eigenvalue weighted by molar-refractivity contribution is 0.113. The number of hydrogen-bond donors (Lipinski definition) is 1. The summed E-state index contributed by atoms with van der Waals surface area (Å²) in [6.07, 6.45) is 2.38. The molecule has 0 spiro atoms. The molecule has 2 rings (SSSR count). The van der Waals surface area contributed by atoms with Gasteiger partial charge in [-0.1, -0.05) is 0 Å². The predicted octanol–water partition coefficient (Wildman–Crippen LogP) is 0.990. The van der Waals surface area contributed by atoms with Crippen molar-refractivity contribution in [2.45, 2.75) is 26.5 Å². The number of aryl methyl sites for hydroxylation is 2. The van der Waals surface area contributed by atoms with Crippen LogP contribution in [0.3, 0.4) is 0 Å². The number of sulfone groups is 1. The Morgan fingerprint density at radius 1 is 1.30 bits per heavy atom. The molecule has 6 nitrogen and oxygen atoms in total. The third kappa shape index (κ3) is 5.02. The Kier molecular flexibility index (Phi) is 5.44. The average molecular weight is 339 g/mol. The van der Waals surface area contributed by atoms with Crippen LogP contribution >= 0.6 is 0 Å². The van der Waals surface area contributed by atoms with Gasteiger partial charge in [0.1, 0.15) is 9.84 Å². The van der Waals surface area contributed by atoms with Crippen LogP contribution in [0.1, 0.15) is 11.1 Å². The summed E-state index contributed by atoms with van der Waals surface area (Å²) >= 11 is 0. The smallest absolute Gasteiger partial charge is 0.148 e. The molecule has 0 bridgehead atoms. The Labute approximate surface area is 137 Å². The normalized spacial score (nSPS) is 13.8. The lowest BCUT2D eigenvalue weighted by Crippen LogP contribution is -2.34. The zero-order valence-electron chi connectivity index (χ0n) is 14.2. The number of aliphatic hydroxyl groups is 1. The standard InChI is InChI=1S/C16H25N3O3S/c1-12-7-15-16(8-13(12)2)19(11-17-15)10-14(20)9-18(3)5-6-23(4,21)22/h7-8,11,14,20H,5-6,9-10H2,1-4H3. The van der Waals surface area contributed by atoms with Crippen molar-refractivity contribution in [2.75, 3.05) is 32.1 Å². The molecule has 1 unspecified atom stereocenters. The summed E-state index contributed by atoms with van der Waals surface area (Å²) in [5.41, 5.74) is 4.32. The number of aliphatic hydroxyl groups excluding tert-OH is 1. The first-order valence-electron chi connectivity index (χ1n) is 7.62. The number of nitrogens with zero attached hydrogens (tertiary/aromatic N) is 3. The van der Waals surface area contributed by atoms with Gasteiger partial charge in [-0.2, -0.15) is 0 Å². The van der Waals surface area contributed by atoms with Crippen molar-refractivity contribution in [3.8, 4) is 0 Å². The van der Waals surface area contributed by atoms with E-state index in [2.05, 4.69) is 24.9 Å². The number of hydrogen-bond acceptors (Lipinski definition) is 5. The van der Waals surface area contributed by atoms with Crippen molar-refractivity contribution < 1.29 is 13.5 Å². The molecule has 0 amide bonds. The van der Waals surface area contributed by atoms with E-state index in [9.17, 15) is 13.5 Å². The van der Waals surface area contributed by atoms with E-state index in [4.69, 9.17) is 0 Å². The van der Waals surface area contributed by atoms with Crippen LogP contribution in [0.15, 0.2) is 18.5 Å². The average Bonchev–Trinajstić information content (AvgIpc) is 2.79. The fourth-order valence-electron chi connectivity index (χ4n) is 2.52. The second-order valence-corrected chi connectivity index (χ2v) is 8.63. The minimum absolute atomic E-state index is 0.0999. The maximum Gasteiger partial charge on any atom is 0.148 e. The maximum absolute atomic E-state index is 11.2. The highest BCUT2D eigenvalue weighted by molar-refractivity contribution is 7.90. The second kappa shape index (κ2) is 6.98. The fraction of sp³-hybridized carbons (Fsp3) is 0.562. The zero-order valence-corrected chi connectivity index (χ0v) is 15.0. The van der Waals surface area contributed by atoms with Gasteiger partial charge in [0.15, 0.2) is 0 Å². The molecule has 23 heavy (non-hydrogen) atoms. The first kappa shape index (κ1) is 17.9. The lowest BCUT2D eigenvalue weighted by Gasteiger charge is -2.20. The Morgan fingerprint density at radius 3 is 2.61 bits per heavy atom. The predicted molar refractivity (Wildman–Crippen MR) is 92.4 cm³/mol. The first-order chi connectivity index (χ1) is 10.7. The quantitative estimate of drug-likeness (QED) is 0.814. The Hall–Kier alpha value is -1.44. The van der Waals surface area contributed by atoms with Crippen molar-refractivity contribution in [1.29, 1.82) is 0 Å². The van der Waals surface area contributed by atoms with Crippen molar-refractivity contribution in [1.82, 2.24) is 14.5 Å². The van der Waals surface area contributed by atoms with Crippen LogP contribution in [-0.4, -0.2) is 66.2 Å². The van der Waals surface area contributed by atoms with Gasteiger partial charge in [0.2, 0.25) is 0 Å². The highest BCUT2D eigenvalue weighted by atomic mass is 32.2. The summed E-state index contributed by atoms with van der Waals surface area (Å²) in [6, 6.07) is 4.13. The summed E-state index contributed by atoms with van der Waals surface area (Å²) in [4.78, 5) is 6.21. The zero-order chi connectivity index (χ0) is 17.2. The second-order valence-electron chi connectivity index (χ2n) is 6.37. The molecule has 1 aromatic carbocycles. The van der Waals surface area contributed by atoms with E-state index >= 15 is 0 Å². The summed E-state index contributed by atoms with van der Waals surface area (Å²) in [5, 5.41) is 10.3. The van der Waals surface area contributed by atoms with Crippen LogP contribution in [0, 0.1) is 13.8 Å². The van der Waals surface area contributed by atoms with E-state index in [0.29, 0.717) is 19.6 Å². The molecule has 7 heteroatoms. The molecule has 1 N–H and O–H groups in total. The minimum atomic E-state index is -2.98. The third-order valence-electron chi connectivity index (χ3n) is 4.01. The number of aromatic nitrogens is 2. The number of fused-ring (bicyclic) bond motifs is 1. The molecule has 1 heterocycles. The van der Waals surface area contributed by atoms with Crippen molar-refractivity contribution >= 4 is 20.9 Å². The molecular weight excluding hydrogens is 314 g/mol. The first-order valence-corrected chi connectivity index (χ1v) is 9.68. The third-order valence-corrected chi connectivity index (χ3v) is 4.93. The summed E-state index contributed by atoms with van der Waals surface area (Å²) in [7, 11) is -1.17. The van der Waals surface area contributed by atoms with E-state index in [1.165, 1.54) is 17.4 Å². The molecule has 0 saturated carbocycles. The molecule has 0 fully saturated rings. The van der Waals surface area contributed by atoms with Crippen LogP contribution in [0.4, 0.5) is 0 Å². The molecule has 1 atom stereocenters. The topological polar surface area (TPSA) is 75.4 Å². The largest absolute Gasteiger partial charge is 0.390 e. The summed E-state index contributed by atoms with van der Waals surface area (Å²) in [6.45, 7) is 5.38. The van der Waals surface area contributed by atoms with Gasteiger partial charge >= 0.3 is 0 Å². The van der Waals surface area contributed by atoms with Gasteiger partial charge in [-0.05, 0) is 44.2 Å². The van der Waals surface area contributed by atoms with E-state index in [1.54, 1.807) is 6.33 Å². The van der Waals surface area contributed by atoms with E-state index in [0.717, 1.165) is 11.0 Å². The Morgan fingerprint density at radius 2 is 1.96 bits per heavy atom. The van der Waals surface area contributed by atoms with Crippen LogP contribution in [0.5, 0.6) is 0 Å². The van der Waals surface area contributed by atoms with Gasteiger partial charge in [0.05, 0.1) is 35.8 Å². The van der Waals surface area contributed by atoms with Crippen LogP contribution in [0.2, 0.25) is 0 Å². The van der Waals surface area contributed by atoms with Crippen molar-refractivity contribution in [3.05, 3.63) is 29.6 Å². The molecule has 0 aliphatic heterocycles. The maximum atomic E-state index is 11.2. The number of imidazole rings is 1. The molecule has 128 valence electrons. The molecular formula is C16H25N3O3S. The monoisotopic (exact) mass is 339 g/mol. The SMILES string of the molecule is Cc1cc2ncn(CC(O)CN(C)CCS(C)(=O)=O)c2cc1C. The fourth-order valence-corrected chi connectivity index (χ4v) is 3.16. The molecule has 0 saturated heterocycles. The summed E-state index contributed by atoms with van der Waals surface area (Å²) in [5.74, 6) is 0.0999. The van der Waals surface area contributed by atoms with Gasteiger partial charge in [0.25, 0.3) is 0 Å². The minimum Gasteiger partial charge on any atom is -0.390 e. The lowest BCUT2D eigenvalue weighted by atomic mass is 10.1. The number of likely N-dealkylation sites (N-methyl/N-ethyl adjacent to an activating group) is 1. The Balaban J connectivity index is 2.00. The van der Waals surface area contributed by atoms with Crippen LogP contribution in [0.25, 0.3) is 11.0 Å². The van der Waals surface area contributed by atoms with Crippen LogP contribution in [-0.2, 0) is 16.4 Å². The highest BCUT2D eigenvalue weighted by Gasteiger charge is 2.13. The highest BCUT2D eigenvalue weighted by Crippen LogP contribution is 2.18. The van der Waals surface area contributed by atoms with Crippen molar-refractivity contribution in [3.63, 3.8) is 0 Å². The van der Waals surface area contributed by atoms with Gasteiger partial charge in [-0.3, -0.25) is 0 Å². The van der Waals surface area contributed by atoms with Crippen molar-refractivity contribution in [2.24, 2.45) is 0 Å². The number of benzene rings is 1. The summed E-state index contributed by atoms with van der Waals surface area (Å²) < 4.78 is 24.3. The van der Waals surface area contributed by atoms with Gasteiger partial charge < -0.3 is 14.6 Å². The molecule has 0 aliphatic carbocycles. The Bertz CT molecular complexity index is 783. The van der Waals surface area contributed by atoms with E-state index in [1.807, 2.05) is 22.6 Å².